The highest BCUT2D eigenvalue weighted by atomic mass is 16.5. The first kappa shape index (κ1) is 16.8. The van der Waals surface area contributed by atoms with Crippen LogP contribution < -0.4 is 5.32 Å². The Balaban J connectivity index is 2.42. The van der Waals surface area contributed by atoms with Gasteiger partial charge in [-0.3, -0.25) is 4.79 Å². The van der Waals surface area contributed by atoms with Crippen molar-refractivity contribution >= 4 is 12.0 Å². The van der Waals surface area contributed by atoms with Gasteiger partial charge in [-0.25, -0.2) is 4.79 Å². The maximum Gasteiger partial charge on any atom is 0.317 e. The molecule has 116 valence electrons. The van der Waals surface area contributed by atoms with Crippen LogP contribution in [0.5, 0.6) is 0 Å². The monoisotopic (exact) mass is 286 g/mol. The number of carboxylic acids is 1. The highest BCUT2D eigenvalue weighted by Gasteiger charge is 2.39. The summed E-state index contributed by atoms with van der Waals surface area (Å²) in [6.45, 7) is 3.72. The Hall–Kier alpha value is -1.30. The zero-order chi connectivity index (χ0) is 15.0. The fourth-order valence-electron chi connectivity index (χ4n) is 2.52. The molecule has 0 aromatic heterocycles. The number of hydrogen-bond acceptors (Lipinski definition) is 3. The lowest BCUT2D eigenvalue weighted by atomic mass is 9.74. The molecule has 1 fully saturated rings. The Morgan fingerprint density at radius 1 is 1.30 bits per heavy atom. The Morgan fingerprint density at radius 3 is 2.50 bits per heavy atom. The predicted molar refractivity (Wildman–Crippen MR) is 75.7 cm³/mol. The third-order valence-electron chi connectivity index (χ3n) is 3.96. The second-order valence-corrected chi connectivity index (χ2v) is 5.42. The zero-order valence-electron chi connectivity index (χ0n) is 12.5. The number of aliphatic carboxylic acids is 1. The Morgan fingerprint density at radius 2 is 1.95 bits per heavy atom. The number of hydrogen-bond donors (Lipinski definition) is 2. The van der Waals surface area contributed by atoms with Gasteiger partial charge in [-0.05, 0) is 19.8 Å². The first-order valence-electron chi connectivity index (χ1n) is 7.32. The molecule has 0 unspecified atom stereocenters. The molecular weight excluding hydrogens is 260 g/mol. The summed E-state index contributed by atoms with van der Waals surface area (Å²) in [5.74, 6) is -0.797. The number of urea groups is 1. The average Bonchev–Trinajstić information content (AvgIpc) is 2.45. The highest BCUT2D eigenvalue weighted by Crippen LogP contribution is 2.35. The van der Waals surface area contributed by atoms with E-state index in [1.54, 1.807) is 7.05 Å². The maximum absolute atomic E-state index is 11.9. The molecule has 2 N–H and O–H groups in total. The third-order valence-corrected chi connectivity index (χ3v) is 3.96. The summed E-state index contributed by atoms with van der Waals surface area (Å²) in [4.78, 5) is 24.9. The summed E-state index contributed by atoms with van der Waals surface area (Å²) in [5, 5.41) is 12.2. The van der Waals surface area contributed by atoms with Crippen molar-refractivity contribution in [2.24, 2.45) is 5.41 Å². The quantitative estimate of drug-likeness (QED) is 0.698. The second-order valence-electron chi connectivity index (χ2n) is 5.42. The van der Waals surface area contributed by atoms with E-state index in [4.69, 9.17) is 4.74 Å². The largest absolute Gasteiger partial charge is 0.481 e. The number of carboxylic acid groups (broad SMARTS) is 1. The molecule has 0 aromatic rings. The van der Waals surface area contributed by atoms with Crippen molar-refractivity contribution in [1.29, 1.82) is 0 Å². The van der Waals surface area contributed by atoms with Crippen molar-refractivity contribution in [3.63, 3.8) is 0 Å². The summed E-state index contributed by atoms with van der Waals surface area (Å²) in [5.41, 5.74) is -0.783. The molecule has 1 saturated carbocycles. The van der Waals surface area contributed by atoms with Crippen LogP contribution in [0.15, 0.2) is 0 Å². The minimum absolute atomic E-state index is 0.208. The van der Waals surface area contributed by atoms with Crippen LogP contribution >= 0.6 is 0 Å². The molecule has 6 heteroatoms. The van der Waals surface area contributed by atoms with Crippen molar-refractivity contribution in [3.8, 4) is 0 Å². The lowest BCUT2D eigenvalue weighted by Crippen LogP contribution is -2.48. The fourth-order valence-corrected chi connectivity index (χ4v) is 2.52. The van der Waals surface area contributed by atoms with Crippen molar-refractivity contribution in [2.75, 3.05) is 33.4 Å². The number of carbonyl (C=O) groups is 2. The van der Waals surface area contributed by atoms with Gasteiger partial charge in [0.15, 0.2) is 0 Å². The molecule has 0 saturated heterocycles. The number of nitrogens with zero attached hydrogens (tertiary/aromatic N) is 1. The molecular formula is C14H26N2O4. The molecule has 0 bridgehead atoms. The van der Waals surface area contributed by atoms with E-state index >= 15 is 0 Å². The summed E-state index contributed by atoms with van der Waals surface area (Å²) >= 11 is 0. The van der Waals surface area contributed by atoms with Crippen molar-refractivity contribution < 1.29 is 19.4 Å². The average molecular weight is 286 g/mol. The van der Waals surface area contributed by atoms with Gasteiger partial charge in [0, 0.05) is 26.7 Å². The molecule has 0 spiro atoms. The fraction of sp³-hybridized carbons (Fsp3) is 0.857. The van der Waals surface area contributed by atoms with Crippen LogP contribution in [-0.2, 0) is 9.53 Å². The lowest BCUT2D eigenvalue weighted by molar-refractivity contribution is -0.150. The van der Waals surface area contributed by atoms with Crippen LogP contribution in [0.4, 0.5) is 4.79 Å². The number of amides is 2. The number of carbonyl (C=O) groups excluding carboxylic acids is 1. The Labute approximate surface area is 120 Å². The van der Waals surface area contributed by atoms with E-state index in [0.29, 0.717) is 32.6 Å². The minimum atomic E-state index is -0.797. The second kappa shape index (κ2) is 8.09. The molecule has 6 nitrogen and oxygen atoms in total. The maximum atomic E-state index is 11.9. The summed E-state index contributed by atoms with van der Waals surface area (Å²) in [6, 6.07) is -0.240. The lowest BCUT2D eigenvalue weighted by Gasteiger charge is -2.33. The SMILES string of the molecule is CCOCCN(C)C(=O)NCC1(C(=O)O)CCCCC1. The van der Waals surface area contributed by atoms with E-state index in [1.165, 1.54) is 4.90 Å². The van der Waals surface area contributed by atoms with E-state index in [1.807, 2.05) is 6.92 Å². The number of ether oxygens (including phenoxy) is 1. The molecule has 2 amide bonds. The Kier molecular flexibility index (Phi) is 6.78. The van der Waals surface area contributed by atoms with Gasteiger partial charge in [0.05, 0.1) is 12.0 Å². The van der Waals surface area contributed by atoms with Crippen LogP contribution in [0.2, 0.25) is 0 Å². The van der Waals surface area contributed by atoms with Gasteiger partial charge in [0.25, 0.3) is 0 Å². The smallest absolute Gasteiger partial charge is 0.317 e. The van der Waals surface area contributed by atoms with E-state index in [-0.39, 0.29) is 12.6 Å². The number of nitrogens with one attached hydrogen (secondary N) is 1. The number of rotatable bonds is 7. The Bertz CT molecular complexity index is 327. The number of likely N-dealkylation sites (N-methyl/N-ethyl adjacent to an activating group) is 1. The summed E-state index contributed by atoms with van der Waals surface area (Å²) in [7, 11) is 1.68. The molecule has 0 heterocycles. The van der Waals surface area contributed by atoms with Crippen LogP contribution in [0.25, 0.3) is 0 Å². The topological polar surface area (TPSA) is 78.9 Å². The first-order valence-corrected chi connectivity index (χ1v) is 7.32. The molecule has 1 rings (SSSR count). The third kappa shape index (κ3) is 4.67. The van der Waals surface area contributed by atoms with Gasteiger partial charge in [-0.15, -0.1) is 0 Å². The zero-order valence-corrected chi connectivity index (χ0v) is 12.5. The molecule has 0 aliphatic heterocycles. The van der Waals surface area contributed by atoms with Gasteiger partial charge >= 0.3 is 12.0 Å². The molecule has 0 aromatic carbocycles. The first-order chi connectivity index (χ1) is 9.52. The van der Waals surface area contributed by atoms with E-state index < -0.39 is 11.4 Å². The summed E-state index contributed by atoms with van der Waals surface area (Å²) in [6.07, 6.45) is 4.21. The van der Waals surface area contributed by atoms with Crippen LogP contribution in [0.1, 0.15) is 39.0 Å². The van der Waals surface area contributed by atoms with E-state index in [2.05, 4.69) is 5.32 Å². The summed E-state index contributed by atoms with van der Waals surface area (Å²) < 4.78 is 5.19. The molecule has 1 aliphatic rings. The normalized spacial score (nSPS) is 17.5. The van der Waals surface area contributed by atoms with Crippen molar-refractivity contribution in [2.45, 2.75) is 39.0 Å². The van der Waals surface area contributed by atoms with Gasteiger partial charge in [-0.2, -0.15) is 0 Å². The van der Waals surface area contributed by atoms with Crippen LogP contribution in [0.3, 0.4) is 0 Å². The van der Waals surface area contributed by atoms with E-state index in [0.717, 1.165) is 19.3 Å². The van der Waals surface area contributed by atoms with Gasteiger partial charge < -0.3 is 20.1 Å². The minimum Gasteiger partial charge on any atom is -0.481 e. The van der Waals surface area contributed by atoms with Gasteiger partial charge in [0.2, 0.25) is 0 Å². The van der Waals surface area contributed by atoms with Crippen LogP contribution in [0, 0.1) is 5.41 Å². The predicted octanol–water partition coefficient (Wildman–Crippen LogP) is 1.70. The van der Waals surface area contributed by atoms with Crippen molar-refractivity contribution in [1.82, 2.24) is 10.2 Å². The molecule has 0 atom stereocenters. The molecule has 20 heavy (non-hydrogen) atoms. The van der Waals surface area contributed by atoms with Crippen molar-refractivity contribution in [3.05, 3.63) is 0 Å². The van der Waals surface area contributed by atoms with Gasteiger partial charge in [0.1, 0.15) is 0 Å². The highest BCUT2D eigenvalue weighted by molar-refractivity contribution is 5.78. The standard InChI is InChI=1S/C14H26N2O4/c1-3-20-10-9-16(2)13(19)15-11-14(12(17)18)7-5-4-6-8-14/h3-11H2,1-2H3,(H,15,19)(H,17,18). The molecule has 1 aliphatic carbocycles. The molecule has 0 radical (unpaired) electrons. The van der Waals surface area contributed by atoms with Crippen LogP contribution in [-0.4, -0.2) is 55.4 Å². The van der Waals surface area contributed by atoms with E-state index in [9.17, 15) is 14.7 Å². The van der Waals surface area contributed by atoms with Gasteiger partial charge in [-0.1, -0.05) is 19.3 Å².